The highest BCUT2D eigenvalue weighted by molar-refractivity contribution is 5.82. The molecular formula is C69H48O3. The molecule has 0 bridgehead atoms. The van der Waals surface area contributed by atoms with Gasteiger partial charge in [0.15, 0.2) is 16.8 Å². The number of aliphatic hydroxyl groups is 3. The normalized spacial score (nSPS) is 11.2. The van der Waals surface area contributed by atoms with Crippen LogP contribution in [0, 0.1) is 35.5 Å². The predicted octanol–water partition coefficient (Wildman–Crippen LogP) is 13.6. The Kier molecular flexibility index (Phi) is 13.4. The maximum atomic E-state index is 12.1. The zero-order valence-corrected chi connectivity index (χ0v) is 39.3. The highest BCUT2D eigenvalue weighted by Crippen LogP contribution is 2.35. The number of benzene rings is 10. The van der Waals surface area contributed by atoms with E-state index in [0.29, 0.717) is 33.4 Å². The third-order valence-electron chi connectivity index (χ3n) is 12.9. The first kappa shape index (κ1) is 46.5. The lowest BCUT2D eigenvalue weighted by Crippen LogP contribution is -2.25. The van der Waals surface area contributed by atoms with Crippen molar-refractivity contribution in [3.8, 4) is 68.9 Å². The van der Waals surface area contributed by atoms with E-state index in [2.05, 4.69) is 90.1 Å². The smallest absolute Gasteiger partial charge is 0.177 e. The summed E-state index contributed by atoms with van der Waals surface area (Å²) in [6.07, 6.45) is 0. The number of rotatable bonds is 9. The predicted molar refractivity (Wildman–Crippen MR) is 291 cm³/mol. The molecular weight excluding hydrogens is 877 g/mol. The van der Waals surface area contributed by atoms with E-state index < -0.39 is 16.8 Å². The summed E-state index contributed by atoms with van der Waals surface area (Å²) in [4.78, 5) is 0. The average molecular weight is 925 g/mol. The van der Waals surface area contributed by atoms with Gasteiger partial charge in [-0.3, -0.25) is 0 Å². The van der Waals surface area contributed by atoms with Gasteiger partial charge in [-0.1, -0.05) is 254 Å². The fourth-order valence-electron chi connectivity index (χ4n) is 8.86. The summed E-state index contributed by atoms with van der Waals surface area (Å²) < 4.78 is 0. The zero-order chi connectivity index (χ0) is 49.2. The molecule has 342 valence electrons. The highest BCUT2D eigenvalue weighted by Gasteiger charge is 2.31. The molecule has 0 aromatic heterocycles. The lowest BCUT2D eigenvalue weighted by Gasteiger charge is -2.23. The van der Waals surface area contributed by atoms with E-state index in [1.54, 1.807) is 0 Å². The molecule has 0 spiro atoms. The molecule has 10 aromatic rings. The third kappa shape index (κ3) is 10.1. The van der Waals surface area contributed by atoms with Gasteiger partial charge in [-0.05, 0) is 88.0 Å². The van der Waals surface area contributed by atoms with Crippen LogP contribution in [0.1, 0.15) is 50.1 Å². The van der Waals surface area contributed by atoms with E-state index in [0.717, 1.165) is 50.1 Å². The molecule has 10 rings (SSSR count). The molecule has 3 nitrogen and oxygen atoms in total. The van der Waals surface area contributed by atoms with Crippen LogP contribution >= 0.6 is 0 Å². The van der Waals surface area contributed by atoms with Crippen molar-refractivity contribution in [2.75, 3.05) is 0 Å². The topological polar surface area (TPSA) is 60.7 Å². The SMILES string of the molecule is OC(C#Cc1ccc(-c2cc(-c3ccc(C#CC(O)(c4ccccc4)c4ccccc4)cc3)cc(-c3ccc(C#CC(O)(c4ccccc4)c4ccccc4)cc3)c2)cc1)(c1ccccc1)c1ccccc1. The Balaban J connectivity index is 1.00. The summed E-state index contributed by atoms with van der Waals surface area (Å²) >= 11 is 0. The van der Waals surface area contributed by atoms with E-state index in [1.165, 1.54) is 0 Å². The highest BCUT2D eigenvalue weighted by atomic mass is 16.3. The van der Waals surface area contributed by atoms with Crippen molar-refractivity contribution in [2.45, 2.75) is 16.8 Å². The van der Waals surface area contributed by atoms with Crippen LogP contribution in [-0.2, 0) is 16.8 Å². The summed E-state index contributed by atoms with van der Waals surface area (Å²) in [5.41, 5.74) is 8.03. The van der Waals surface area contributed by atoms with E-state index >= 15 is 0 Å². The second-order valence-electron chi connectivity index (χ2n) is 17.6. The molecule has 0 fully saturated rings. The summed E-state index contributed by atoms with van der Waals surface area (Å²) in [6, 6.07) is 88.1. The maximum Gasteiger partial charge on any atom is 0.177 e. The van der Waals surface area contributed by atoms with E-state index in [9.17, 15) is 15.3 Å². The fraction of sp³-hybridized carbons (Fsp3) is 0.0435. The van der Waals surface area contributed by atoms with Crippen molar-refractivity contribution in [3.05, 3.63) is 323 Å². The van der Waals surface area contributed by atoms with Crippen LogP contribution in [0.4, 0.5) is 0 Å². The minimum absolute atomic E-state index is 0.701. The van der Waals surface area contributed by atoms with Crippen molar-refractivity contribution in [1.29, 1.82) is 0 Å². The standard InChI is InChI=1S/C69H48O3/c70-67(61-19-7-1-8-20-61,62-21-9-2-10-22-62)46-43-52-31-37-55(38-32-52)58-49-59(56-39-33-53(34-40-56)44-47-68(71,63-23-11-3-12-24-63)64-25-13-4-14-26-64)51-60(50-58)57-41-35-54(36-42-57)45-48-69(72,65-27-15-5-16-28-65)66-29-17-6-18-30-66/h1-42,49-51,70-72H. The molecule has 0 heterocycles. The minimum Gasteiger partial charge on any atom is -0.369 e. The Morgan fingerprint density at radius 2 is 0.389 bits per heavy atom. The van der Waals surface area contributed by atoms with Gasteiger partial charge in [0.2, 0.25) is 0 Å². The van der Waals surface area contributed by atoms with Crippen LogP contribution in [0.5, 0.6) is 0 Å². The molecule has 0 aliphatic heterocycles. The zero-order valence-electron chi connectivity index (χ0n) is 39.3. The van der Waals surface area contributed by atoms with Gasteiger partial charge >= 0.3 is 0 Å². The lowest BCUT2D eigenvalue weighted by molar-refractivity contribution is 0.145. The Hall–Kier alpha value is -9.24. The van der Waals surface area contributed by atoms with E-state index in [1.807, 2.05) is 218 Å². The van der Waals surface area contributed by atoms with Crippen LogP contribution in [0.15, 0.2) is 273 Å². The summed E-state index contributed by atoms with van der Waals surface area (Å²) in [6.45, 7) is 0. The quantitative estimate of drug-likeness (QED) is 0.126. The molecule has 0 unspecified atom stereocenters. The van der Waals surface area contributed by atoms with Gasteiger partial charge in [0.1, 0.15) is 0 Å². The Labute approximate surface area is 422 Å². The Bertz CT molecular complexity index is 3090. The molecule has 0 aliphatic rings. The number of hydrogen-bond donors (Lipinski definition) is 3. The van der Waals surface area contributed by atoms with Gasteiger partial charge in [-0.25, -0.2) is 0 Å². The van der Waals surface area contributed by atoms with Gasteiger partial charge in [-0.2, -0.15) is 0 Å². The molecule has 3 heteroatoms. The monoisotopic (exact) mass is 924 g/mol. The second-order valence-corrected chi connectivity index (χ2v) is 17.6. The summed E-state index contributed by atoms with van der Waals surface area (Å²) in [5.74, 6) is 19.4. The van der Waals surface area contributed by atoms with Crippen LogP contribution < -0.4 is 0 Å². The Morgan fingerprint density at radius 3 is 0.569 bits per heavy atom. The van der Waals surface area contributed by atoms with Crippen LogP contribution in [-0.4, -0.2) is 15.3 Å². The van der Waals surface area contributed by atoms with Gasteiger partial charge in [-0.15, -0.1) is 0 Å². The van der Waals surface area contributed by atoms with Crippen molar-refractivity contribution in [1.82, 2.24) is 0 Å². The molecule has 0 saturated heterocycles. The molecule has 0 amide bonds. The van der Waals surface area contributed by atoms with Gasteiger partial charge < -0.3 is 15.3 Å². The average Bonchev–Trinajstić information content (AvgIpc) is 3.47. The van der Waals surface area contributed by atoms with Crippen molar-refractivity contribution in [2.24, 2.45) is 0 Å². The minimum atomic E-state index is -1.50. The first-order valence-electron chi connectivity index (χ1n) is 23.8. The first-order valence-corrected chi connectivity index (χ1v) is 23.8. The molecule has 3 N–H and O–H groups in total. The van der Waals surface area contributed by atoms with Crippen LogP contribution in [0.2, 0.25) is 0 Å². The molecule has 0 atom stereocenters. The fourth-order valence-corrected chi connectivity index (χ4v) is 8.86. The second kappa shape index (κ2) is 20.8. The summed E-state index contributed by atoms with van der Waals surface area (Å²) in [5, 5.41) is 36.2. The Morgan fingerprint density at radius 1 is 0.208 bits per heavy atom. The van der Waals surface area contributed by atoms with Gasteiger partial charge in [0, 0.05) is 50.1 Å². The third-order valence-corrected chi connectivity index (χ3v) is 12.9. The van der Waals surface area contributed by atoms with Crippen molar-refractivity contribution >= 4 is 0 Å². The lowest BCUT2D eigenvalue weighted by atomic mass is 9.86. The molecule has 0 aliphatic carbocycles. The molecule has 72 heavy (non-hydrogen) atoms. The molecule has 0 radical (unpaired) electrons. The van der Waals surface area contributed by atoms with Gasteiger partial charge in [0.25, 0.3) is 0 Å². The molecule has 0 saturated carbocycles. The van der Waals surface area contributed by atoms with Gasteiger partial charge in [0.05, 0.1) is 0 Å². The first-order chi connectivity index (χ1) is 35.3. The summed E-state index contributed by atoms with van der Waals surface area (Å²) in [7, 11) is 0. The molecule has 10 aromatic carbocycles. The largest absolute Gasteiger partial charge is 0.369 e. The van der Waals surface area contributed by atoms with E-state index in [4.69, 9.17) is 0 Å². The number of hydrogen-bond acceptors (Lipinski definition) is 3. The van der Waals surface area contributed by atoms with Crippen molar-refractivity contribution in [3.63, 3.8) is 0 Å². The van der Waals surface area contributed by atoms with Crippen LogP contribution in [0.3, 0.4) is 0 Å². The maximum absolute atomic E-state index is 12.1. The van der Waals surface area contributed by atoms with Crippen LogP contribution in [0.25, 0.3) is 33.4 Å². The van der Waals surface area contributed by atoms with Crippen molar-refractivity contribution < 1.29 is 15.3 Å². The van der Waals surface area contributed by atoms with E-state index in [-0.39, 0.29) is 0 Å².